The summed E-state index contributed by atoms with van der Waals surface area (Å²) in [5, 5.41) is 6.41. The molecule has 1 heterocycles. The van der Waals surface area contributed by atoms with Gasteiger partial charge in [-0.15, -0.1) is 24.0 Å². The number of nitrogens with zero attached hydrogens (tertiary/aromatic N) is 3. The van der Waals surface area contributed by atoms with Crippen LogP contribution in [0, 0.1) is 0 Å². The van der Waals surface area contributed by atoms with Crippen molar-refractivity contribution in [2.45, 2.75) is 19.8 Å². The molecule has 0 bridgehead atoms. The molecule has 0 atom stereocenters. The number of aliphatic imine (C=N–C) groups is 1. The number of nitrogens with one attached hydrogen (secondary N) is 2. The molecule has 0 unspecified atom stereocenters. The van der Waals surface area contributed by atoms with Crippen LogP contribution in [0.1, 0.15) is 19.8 Å². The summed E-state index contributed by atoms with van der Waals surface area (Å²) in [4.78, 5) is 20.1. The molecule has 1 amide bonds. The molecule has 1 rings (SSSR count). The largest absolute Gasteiger partial charge is 0.379 e. The van der Waals surface area contributed by atoms with Gasteiger partial charge in [-0.3, -0.25) is 14.7 Å². The zero-order valence-corrected chi connectivity index (χ0v) is 17.0. The summed E-state index contributed by atoms with van der Waals surface area (Å²) in [6.45, 7) is 9.03. The first-order valence-electron chi connectivity index (χ1n) is 8.16. The molecule has 1 saturated heterocycles. The van der Waals surface area contributed by atoms with Gasteiger partial charge in [-0.25, -0.2) is 0 Å². The van der Waals surface area contributed by atoms with E-state index in [4.69, 9.17) is 4.74 Å². The number of morpholine rings is 1. The van der Waals surface area contributed by atoms with E-state index in [1.807, 2.05) is 6.92 Å². The second-order valence-corrected chi connectivity index (χ2v) is 5.53. The van der Waals surface area contributed by atoms with Gasteiger partial charge < -0.3 is 20.3 Å². The van der Waals surface area contributed by atoms with Gasteiger partial charge >= 0.3 is 0 Å². The monoisotopic (exact) mass is 441 g/mol. The van der Waals surface area contributed by atoms with Crippen molar-refractivity contribution in [2.75, 3.05) is 66.6 Å². The Morgan fingerprint density at radius 1 is 1.26 bits per heavy atom. The molecule has 7 nitrogen and oxygen atoms in total. The highest BCUT2D eigenvalue weighted by atomic mass is 127. The van der Waals surface area contributed by atoms with Gasteiger partial charge in [0.15, 0.2) is 5.96 Å². The molecule has 136 valence electrons. The first-order valence-corrected chi connectivity index (χ1v) is 8.16. The van der Waals surface area contributed by atoms with E-state index >= 15 is 0 Å². The standard InChI is InChI=1S/C15H31N5O2.HI/c1-4-16-15(18-8-6-14(21)19(2)3)17-7-5-9-20-10-12-22-13-11-20;/h4-13H2,1-3H3,(H2,16,17,18);1H. The van der Waals surface area contributed by atoms with Crippen molar-refractivity contribution in [3.63, 3.8) is 0 Å². The van der Waals surface area contributed by atoms with Crippen LogP contribution in [-0.4, -0.2) is 88.2 Å². The molecule has 2 N–H and O–H groups in total. The van der Waals surface area contributed by atoms with E-state index < -0.39 is 0 Å². The number of guanidine groups is 1. The first kappa shape index (κ1) is 22.4. The van der Waals surface area contributed by atoms with Crippen molar-refractivity contribution >= 4 is 35.8 Å². The lowest BCUT2D eigenvalue weighted by Crippen LogP contribution is -2.39. The van der Waals surface area contributed by atoms with Crippen LogP contribution in [-0.2, 0) is 9.53 Å². The van der Waals surface area contributed by atoms with Crippen molar-refractivity contribution < 1.29 is 9.53 Å². The lowest BCUT2D eigenvalue weighted by Gasteiger charge is -2.26. The highest BCUT2D eigenvalue weighted by Crippen LogP contribution is 1.98. The van der Waals surface area contributed by atoms with E-state index in [0.29, 0.717) is 13.0 Å². The molecule has 0 aromatic heterocycles. The molecular formula is C15H32IN5O2. The van der Waals surface area contributed by atoms with Gasteiger partial charge in [0.2, 0.25) is 5.91 Å². The Bertz CT molecular complexity index is 347. The minimum atomic E-state index is 0. The summed E-state index contributed by atoms with van der Waals surface area (Å²) in [5.41, 5.74) is 0. The molecule has 0 aromatic rings. The number of halogens is 1. The van der Waals surface area contributed by atoms with Crippen LogP contribution in [0.25, 0.3) is 0 Å². The molecule has 0 aliphatic carbocycles. The maximum absolute atomic E-state index is 11.5. The number of rotatable bonds is 8. The number of hydrogen-bond donors (Lipinski definition) is 2. The van der Waals surface area contributed by atoms with Gasteiger partial charge in [-0.05, 0) is 13.3 Å². The topological polar surface area (TPSA) is 69.2 Å². The zero-order chi connectivity index (χ0) is 16.2. The smallest absolute Gasteiger partial charge is 0.223 e. The van der Waals surface area contributed by atoms with Gasteiger partial charge in [0.05, 0.1) is 13.2 Å². The Morgan fingerprint density at radius 3 is 2.57 bits per heavy atom. The van der Waals surface area contributed by atoms with Gasteiger partial charge in [0.25, 0.3) is 0 Å². The number of carbonyl (C=O) groups excluding carboxylic acids is 1. The van der Waals surface area contributed by atoms with E-state index in [2.05, 4.69) is 20.5 Å². The molecule has 0 saturated carbocycles. The maximum Gasteiger partial charge on any atom is 0.223 e. The Balaban J connectivity index is 0.00000484. The van der Waals surface area contributed by atoms with E-state index in [9.17, 15) is 4.79 Å². The van der Waals surface area contributed by atoms with Crippen LogP contribution in [0.15, 0.2) is 4.99 Å². The second-order valence-electron chi connectivity index (χ2n) is 5.53. The quantitative estimate of drug-likeness (QED) is 0.247. The summed E-state index contributed by atoms with van der Waals surface area (Å²) >= 11 is 0. The molecule has 1 aliphatic rings. The Labute approximate surface area is 157 Å². The van der Waals surface area contributed by atoms with Crippen LogP contribution in [0.2, 0.25) is 0 Å². The molecular weight excluding hydrogens is 409 g/mol. The van der Waals surface area contributed by atoms with Crippen molar-refractivity contribution in [1.82, 2.24) is 20.4 Å². The molecule has 1 fully saturated rings. The van der Waals surface area contributed by atoms with Crippen LogP contribution in [0.4, 0.5) is 0 Å². The Hall–Kier alpha value is -0.610. The predicted molar refractivity (Wildman–Crippen MR) is 105 cm³/mol. The van der Waals surface area contributed by atoms with Gasteiger partial charge in [-0.1, -0.05) is 0 Å². The third-order valence-electron chi connectivity index (χ3n) is 3.48. The predicted octanol–water partition coefficient (Wildman–Crippen LogP) is 0.360. The number of ether oxygens (including phenoxy) is 1. The van der Waals surface area contributed by atoms with Gasteiger partial charge in [0, 0.05) is 59.8 Å². The molecule has 8 heteroatoms. The summed E-state index contributed by atoms with van der Waals surface area (Å²) in [7, 11) is 3.54. The SMILES string of the molecule is CCNC(=NCCCN1CCOCC1)NCCC(=O)N(C)C.I. The van der Waals surface area contributed by atoms with Gasteiger partial charge in [0.1, 0.15) is 0 Å². The van der Waals surface area contributed by atoms with Gasteiger partial charge in [-0.2, -0.15) is 0 Å². The average molecular weight is 441 g/mol. The average Bonchev–Trinajstić information content (AvgIpc) is 2.52. The van der Waals surface area contributed by atoms with Crippen molar-refractivity contribution in [1.29, 1.82) is 0 Å². The molecule has 0 aromatic carbocycles. The van der Waals surface area contributed by atoms with Crippen LogP contribution in [0.3, 0.4) is 0 Å². The lowest BCUT2D eigenvalue weighted by molar-refractivity contribution is -0.128. The van der Waals surface area contributed by atoms with Crippen molar-refractivity contribution in [2.24, 2.45) is 4.99 Å². The molecule has 0 radical (unpaired) electrons. The fourth-order valence-corrected chi connectivity index (χ4v) is 2.16. The lowest BCUT2D eigenvalue weighted by atomic mass is 10.3. The Morgan fingerprint density at radius 2 is 1.96 bits per heavy atom. The van der Waals surface area contributed by atoms with Crippen molar-refractivity contribution in [3.05, 3.63) is 0 Å². The van der Waals surface area contributed by atoms with E-state index in [0.717, 1.165) is 58.3 Å². The van der Waals surface area contributed by atoms with Crippen LogP contribution >= 0.6 is 24.0 Å². The second kappa shape index (κ2) is 13.8. The fraction of sp³-hybridized carbons (Fsp3) is 0.867. The fourth-order valence-electron chi connectivity index (χ4n) is 2.16. The van der Waals surface area contributed by atoms with E-state index in [-0.39, 0.29) is 29.9 Å². The normalized spacial score (nSPS) is 15.7. The van der Waals surface area contributed by atoms with Crippen molar-refractivity contribution in [3.8, 4) is 0 Å². The van der Waals surface area contributed by atoms with Crippen LogP contribution in [0.5, 0.6) is 0 Å². The molecule has 23 heavy (non-hydrogen) atoms. The maximum atomic E-state index is 11.5. The zero-order valence-electron chi connectivity index (χ0n) is 14.6. The van der Waals surface area contributed by atoms with Crippen LogP contribution < -0.4 is 10.6 Å². The van der Waals surface area contributed by atoms with E-state index in [1.165, 1.54) is 0 Å². The molecule has 1 aliphatic heterocycles. The minimum absolute atomic E-state index is 0. The number of carbonyl (C=O) groups is 1. The Kier molecular flexibility index (Phi) is 13.4. The highest BCUT2D eigenvalue weighted by Gasteiger charge is 2.09. The highest BCUT2D eigenvalue weighted by molar-refractivity contribution is 14.0. The number of hydrogen-bond acceptors (Lipinski definition) is 4. The summed E-state index contributed by atoms with van der Waals surface area (Å²) < 4.78 is 5.34. The summed E-state index contributed by atoms with van der Waals surface area (Å²) in [6, 6.07) is 0. The van der Waals surface area contributed by atoms with E-state index in [1.54, 1.807) is 19.0 Å². The summed E-state index contributed by atoms with van der Waals surface area (Å²) in [6.07, 6.45) is 1.51. The third-order valence-corrected chi connectivity index (χ3v) is 3.48. The first-order chi connectivity index (χ1) is 10.6. The number of amides is 1. The summed E-state index contributed by atoms with van der Waals surface area (Å²) in [5.74, 6) is 0.909. The minimum Gasteiger partial charge on any atom is -0.379 e. The molecule has 0 spiro atoms. The third kappa shape index (κ3) is 10.7.